The van der Waals surface area contributed by atoms with Crippen LogP contribution in [0.2, 0.25) is 0 Å². The Balaban J connectivity index is 1.64. The van der Waals surface area contributed by atoms with Crippen molar-refractivity contribution >= 4 is 29.1 Å². The molecule has 1 saturated heterocycles. The summed E-state index contributed by atoms with van der Waals surface area (Å²) in [6.07, 6.45) is 1.28. The number of likely N-dealkylation sites (tertiary alicyclic amines) is 1. The van der Waals surface area contributed by atoms with Crippen molar-refractivity contribution in [3.8, 4) is 0 Å². The van der Waals surface area contributed by atoms with E-state index in [1.54, 1.807) is 24.3 Å². The minimum atomic E-state index is -0.585. The molecule has 6 nitrogen and oxygen atoms in total. The van der Waals surface area contributed by atoms with Gasteiger partial charge in [-0.15, -0.1) is 0 Å². The highest BCUT2D eigenvalue weighted by atomic mass is 19.1. The summed E-state index contributed by atoms with van der Waals surface area (Å²) in [4.78, 5) is 37.9. The first kappa shape index (κ1) is 18.6. The minimum Gasteiger partial charge on any atom is -0.324 e. The summed E-state index contributed by atoms with van der Waals surface area (Å²) in [6, 6.07) is 11.1. The van der Waals surface area contributed by atoms with Crippen molar-refractivity contribution in [2.45, 2.75) is 25.8 Å². The maximum absolute atomic E-state index is 13.0. The molecule has 2 N–H and O–H groups in total. The van der Waals surface area contributed by atoms with Gasteiger partial charge in [0.05, 0.1) is 0 Å². The molecule has 0 unspecified atom stereocenters. The second kappa shape index (κ2) is 7.99. The van der Waals surface area contributed by atoms with E-state index in [9.17, 15) is 18.8 Å². The second-order valence-electron chi connectivity index (χ2n) is 6.41. The van der Waals surface area contributed by atoms with Crippen molar-refractivity contribution in [2.24, 2.45) is 0 Å². The van der Waals surface area contributed by atoms with Crippen LogP contribution in [0.25, 0.3) is 0 Å². The topological polar surface area (TPSA) is 78.5 Å². The van der Waals surface area contributed by atoms with Crippen LogP contribution in [-0.2, 0) is 4.79 Å². The Kier molecular flexibility index (Phi) is 5.49. The standard InChI is InChI=1S/C20H20FN3O3/c1-13(25)14-4-8-16(9-5-14)22-19(26)18-3-2-12-24(18)20(27)23-17-10-6-15(21)7-11-17/h4-11,18H,2-3,12H2,1H3,(H,22,26)(H,23,27)/t18-/m1/s1. The van der Waals surface area contributed by atoms with Gasteiger partial charge in [-0.2, -0.15) is 0 Å². The van der Waals surface area contributed by atoms with E-state index in [-0.39, 0.29) is 17.5 Å². The second-order valence-corrected chi connectivity index (χ2v) is 6.41. The highest BCUT2D eigenvalue weighted by molar-refractivity contribution is 6.00. The van der Waals surface area contributed by atoms with Crippen LogP contribution >= 0.6 is 0 Å². The van der Waals surface area contributed by atoms with Crippen molar-refractivity contribution in [1.29, 1.82) is 0 Å². The van der Waals surface area contributed by atoms with Crippen LogP contribution in [0.3, 0.4) is 0 Å². The Morgan fingerprint density at radius 3 is 2.19 bits per heavy atom. The average Bonchev–Trinajstić information content (AvgIpc) is 3.14. The number of ketones is 1. The first-order valence-corrected chi connectivity index (χ1v) is 8.69. The van der Waals surface area contributed by atoms with E-state index in [0.29, 0.717) is 29.9 Å². The highest BCUT2D eigenvalue weighted by Crippen LogP contribution is 2.21. The molecule has 0 aliphatic carbocycles. The third-order valence-corrected chi connectivity index (χ3v) is 4.47. The molecule has 0 aromatic heterocycles. The molecule has 1 aliphatic rings. The number of benzene rings is 2. The Hall–Kier alpha value is -3.22. The van der Waals surface area contributed by atoms with Crippen LogP contribution in [-0.4, -0.2) is 35.2 Å². The lowest BCUT2D eigenvalue weighted by Crippen LogP contribution is -2.45. The van der Waals surface area contributed by atoms with Gasteiger partial charge in [0.2, 0.25) is 5.91 Å². The lowest BCUT2D eigenvalue weighted by atomic mass is 10.1. The van der Waals surface area contributed by atoms with Gasteiger partial charge in [0.15, 0.2) is 5.78 Å². The molecule has 0 saturated carbocycles. The predicted molar refractivity (Wildman–Crippen MR) is 100 cm³/mol. The van der Waals surface area contributed by atoms with E-state index < -0.39 is 12.1 Å². The van der Waals surface area contributed by atoms with E-state index in [1.807, 2.05) is 0 Å². The molecular weight excluding hydrogens is 349 g/mol. The number of halogens is 1. The van der Waals surface area contributed by atoms with Crippen molar-refractivity contribution in [2.75, 3.05) is 17.2 Å². The van der Waals surface area contributed by atoms with Gasteiger partial charge in [-0.1, -0.05) is 0 Å². The van der Waals surface area contributed by atoms with Crippen LogP contribution in [0.5, 0.6) is 0 Å². The fourth-order valence-corrected chi connectivity index (χ4v) is 3.02. The fourth-order valence-electron chi connectivity index (χ4n) is 3.02. The third kappa shape index (κ3) is 4.49. The number of rotatable bonds is 4. The van der Waals surface area contributed by atoms with Crippen LogP contribution in [0.1, 0.15) is 30.1 Å². The molecule has 2 aromatic carbocycles. The summed E-state index contributed by atoms with van der Waals surface area (Å²) in [6.45, 7) is 1.94. The van der Waals surface area contributed by atoms with Gasteiger partial charge in [-0.25, -0.2) is 9.18 Å². The predicted octanol–water partition coefficient (Wildman–Crippen LogP) is 3.66. The minimum absolute atomic E-state index is 0.0488. The maximum atomic E-state index is 13.0. The lowest BCUT2D eigenvalue weighted by molar-refractivity contribution is -0.119. The Bertz CT molecular complexity index is 850. The van der Waals surface area contributed by atoms with E-state index in [1.165, 1.54) is 36.1 Å². The number of nitrogens with one attached hydrogen (secondary N) is 2. The van der Waals surface area contributed by atoms with Gasteiger partial charge in [0.1, 0.15) is 11.9 Å². The van der Waals surface area contributed by atoms with Gasteiger partial charge in [-0.05, 0) is 68.3 Å². The zero-order valence-corrected chi connectivity index (χ0v) is 14.9. The lowest BCUT2D eigenvalue weighted by Gasteiger charge is -2.24. The van der Waals surface area contributed by atoms with Crippen molar-refractivity contribution < 1.29 is 18.8 Å². The maximum Gasteiger partial charge on any atom is 0.322 e. The number of anilines is 2. The monoisotopic (exact) mass is 369 g/mol. The molecule has 0 radical (unpaired) electrons. The molecule has 0 spiro atoms. The van der Waals surface area contributed by atoms with Gasteiger partial charge in [0, 0.05) is 23.5 Å². The summed E-state index contributed by atoms with van der Waals surface area (Å²) in [5.74, 6) is -0.716. The van der Waals surface area contributed by atoms with Gasteiger partial charge in [-0.3, -0.25) is 9.59 Å². The molecule has 0 bridgehead atoms. The summed E-state index contributed by atoms with van der Waals surface area (Å²) in [5, 5.41) is 5.47. The zero-order valence-electron chi connectivity index (χ0n) is 14.9. The van der Waals surface area contributed by atoms with Crippen molar-refractivity contribution in [3.63, 3.8) is 0 Å². The number of hydrogen-bond donors (Lipinski definition) is 2. The first-order valence-electron chi connectivity index (χ1n) is 8.69. The fraction of sp³-hybridized carbons (Fsp3) is 0.250. The van der Waals surface area contributed by atoms with Crippen LogP contribution in [0.4, 0.5) is 20.6 Å². The quantitative estimate of drug-likeness (QED) is 0.807. The molecule has 1 aliphatic heterocycles. The number of carbonyl (C=O) groups is 3. The molecule has 1 heterocycles. The Morgan fingerprint density at radius 2 is 1.56 bits per heavy atom. The third-order valence-electron chi connectivity index (χ3n) is 4.47. The Morgan fingerprint density at radius 1 is 0.963 bits per heavy atom. The molecule has 7 heteroatoms. The molecule has 140 valence electrons. The number of amides is 3. The molecule has 3 rings (SSSR count). The van der Waals surface area contributed by atoms with Gasteiger partial charge in [0.25, 0.3) is 0 Å². The van der Waals surface area contributed by atoms with Gasteiger partial charge < -0.3 is 15.5 Å². The zero-order chi connectivity index (χ0) is 19.4. The SMILES string of the molecule is CC(=O)c1ccc(NC(=O)[C@H]2CCCN2C(=O)Nc2ccc(F)cc2)cc1. The molecule has 2 aromatic rings. The van der Waals surface area contributed by atoms with Crippen molar-refractivity contribution in [1.82, 2.24) is 4.90 Å². The van der Waals surface area contributed by atoms with Crippen LogP contribution in [0.15, 0.2) is 48.5 Å². The highest BCUT2D eigenvalue weighted by Gasteiger charge is 2.34. The van der Waals surface area contributed by atoms with Crippen molar-refractivity contribution in [3.05, 3.63) is 59.9 Å². The summed E-state index contributed by atoms with van der Waals surface area (Å²) in [5.41, 5.74) is 1.59. The number of urea groups is 1. The number of hydrogen-bond acceptors (Lipinski definition) is 3. The average molecular weight is 369 g/mol. The summed E-state index contributed by atoms with van der Waals surface area (Å²) in [7, 11) is 0. The first-order chi connectivity index (χ1) is 12.9. The van der Waals surface area contributed by atoms with Crippen LogP contribution < -0.4 is 10.6 Å². The molecular formula is C20H20FN3O3. The van der Waals surface area contributed by atoms with Gasteiger partial charge >= 0.3 is 6.03 Å². The molecule has 1 fully saturated rings. The van der Waals surface area contributed by atoms with E-state index in [4.69, 9.17) is 0 Å². The van der Waals surface area contributed by atoms with E-state index in [2.05, 4.69) is 10.6 Å². The summed E-state index contributed by atoms with van der Waals surface area (Å²) < 4.78 is 13.0. The smallest absolute Gasteiger partial charge is 0.322 e. The summed E-state index contributed by atoms with van der Waals surface area (Å²) >= 11 is 0. The Labute approximate surface area is 156 Å². The number of nitrogens with zero attached hydrogens (tertiary/aromatic N) is 1. The van der Waals surface area contributed by atoms with Crippen LogP contribution in [0, 0.1) is 5.82 Å². The molecule has 3 amide bonds. The molecule has 1 atom stereocenters. The normalized spacial score (nSPS) is 16.1. The largest absolute Gasteiger partial charge is 0.324 e. The van der Waals surface area contributed by atoms with E-state index in [0.717, 1.165) is 6.42 Å². The van der Waals surface area contributed by atoms with E-state index >= 15 is 0 Å². The number of carbonyl (C=O) groups excluding carboxylic acids is 3. The molecule has 27 heavy (non-hydrogen) atoms. The number of Topliss-reactive ketones (excluding diaryl/α,β-unsaturated/α-hetero) is 1.